The third-order valence-corrected chi connectivity index (χ3v) is 3.96. The number of hydrogen-bond acceptors (Lipinski definition) is 5. The molecule has 3 aromatic rings. The molecule has 0 atom stereocenters. The monoisotopic (exact) mass is 294 g/mol. The summed E-state index contributed by atoms with van der Waals surface area (Å²) in [6.45, 7) is 4.00. The first-order valence-electron chi connectivity index (χ1n) is 5.81. The van der Waals surface area contributed by atoms with Crippen molar-refractivity contribution in [2.75, 3.05) is 0 Å². The largest absolute Gasteiger partial charge is 0.418 e. The minimum atomic E-state index is 0.180. The molecule has 0 saturated carbocycles. The number of H-pyrrole nitrogens is 1. The molecule has 0 aromatic carbocycles. The number of nitrogens with one attached hydrogen (secondary N) is 1. The molecule has 0 amide bonds. The summed E-state index contributed by atoms with van der Waals surface area (Å²) in [6.07, 6.45) is 0.944. The van der Waals surface area contributed by atoms with Gasteiger partial charge in [-0.1, -0.05) is 6.92 Å². The van der Waals surface area contributed by atoms with E-state index in [-0.39, 0.29) is 5.28 Å². The SMILES string of the molecule is CCc1cc2c(Oc3cc(C)[nH]n3)nc(Cl)nc2s1. The normalized spacial score (nSPS) is 11.1. The Labute approximate surface area is 118 Å². The lowest BCUT2D eigenvalue weighted by Gasteiger charge is -2.02. The Kier molecular flexibility index (Phi) is 3.12. The number of aromatic amines is 1. The predicted molar refractivity (Wildman–Crippen MR) is 75.2 cm³/mol. The van der Waals surface area contributed by atoms with E-state index in [2.05, 4.69) is 27.1 Å². The third-order valence-electron chi connectivity index (χ3n) is 2.61. The number of hydrogen-bond donors (Lipinski definition) is 1. The Bertz CT molecular complexity index is 736. The topological polar surface area (TPSA) is 63.7 Å². The van der Waals surface area contributed by atoms with Crippen LogP contribution in [0, 0.1) is 6.92 Å². The zero-order valence-electron chi connectivity index (χ0n) is 10.4. The fourth-order valence-corrected chi connectivity index (χ4v) is 2.89. The maximum Gasteiger partial charge on any atom is 0.240 e. The average molecular weight is 295 g/mol. The van der Waals surface area contributed by atoms with Gasteiger partial charge < -0.3 is 4.74 Å². The molecule has 0 saturated heterocycles. The van der Waals surface area contributed by atoms with Crippen LogP contribution in [0.2, 0.25) is 5.28 Å². The summed E-state index contributed by atoms with van der Waals surface area (Å²) in [7, 11) is 0. The van der Waals surface area contributed by atoms with E-state index in [1.54, 1.807) is 17.4 Å². The van der Waals surface area contributed by atoms with Crippen molar-refractivity contribution < 1.29 is 4.74 Å². The van der Waals surface area contributed by atoms with Gasteiger partial charge in [-0.25, -0.2) is 4.98 Å². The van der Waals surface area contributed by atoms with Crippen LogP contribution < -0.4 is 4.74 Å². The summed E-state index contributed by atoms with van der Waals surface area (Å²) < 4.78 is 5.68. The molecule has 3 aromatic heterocycles. The zero-order valence-corrected chi connectivity index (χ0v) is 12.0. The van der Waals surface area contributed by atoms with E-state index >= 15 is 0 Å². The minimum absolute atomic E-state index is 0.180. The molecular formula is C12H11ClN4OS. The molecule has 7 heteroatoms. The maximum atomic E-state index is 5.92. The van der Waals surface area contributed by atoms with E-state index < -0.39 is 0 Å². The lowest BCUT2D eigenvalue weighted by atomic mass is 10.3. The average Bonchev–Trinajstić information content (AvgIpc) is 2.95. The van der Waals surface area contributed by atoms with Gasteiger partial charge in [-0.3, -0.25) is 5.10 Å². The van der Waals surface area contributed by atoms with Gasteiger partial charge in [-0.15, -0.1) is 16.4 Å². The number of rotatable bonds is 3. The Hall–Kier alpha value is -1.66. The number of thiophene rings is 1. The second kappa shape index (κ2) is 4.79. The molecule has 19 heavy (non-hydrogen) atoms. The highest BCUT2D eigenvalue weighted by Gasteiger charge is 2.13. The van der Waals surface area contributed by atoms with E-state index in [0.29, 0.717) is 11.8 Å². The smallest absolute Gasteiger partial charge is 0.240 e. The number of halogens is 1. The lowest BCUT2D eigenvalue weighted by molar-refractivity contribution is 0.448. The van der Waals surface area contributed by atoms with Crippen LogP contribution in [0.25, 0.3) is 10.2 Å². The van der Waals surface area contributed by atoms with Gasteiger partial charge in [-0.2, -0.15) is 4.98 Å². The molecule has 0 aliphatic rings. The zero-order chi connectivity index (χ0) is 13.4. The lowest BCUT2D eigenvalue weighted by Crippen LogP contribution is -1.91. The fraction of sp³-hybridized carbons (Fsp3) is 0.250. The summed E-state index contributed by atoms with van der Waals surface area (Å²) in [5.41, 5.74) is 0.922. The second-order valence-electron chi connectivity index (χ2n) is 4.07. The van der Waals surface area contributed by atoms with Gasteiger partial charge in [0.15, 0.2) is 0 Å². The molecule has 1 N–H and O–H groups in total. The van der Waals surface area contributed by atoms with Gasteiger partial charge >= 0.3 is 0 Å². The molecule has 0 fully saturated rings. The molecular weight excluding hydrogens is 284 g/mol. The van der Waals surface area contributed by atoms with Crippen molar-refractivity contribution in [1.82, 2.24) is 20.2 Å². The van der Waals surface area contributed by atoms with E-state index in [0.717, 1.165) is 22.3 Å². The Morgan fingerprint density at radius 3 is 2.89 bits per heavy atom. The Morgan fingerprint density at radius 2 is 2.21 bits per heavy atom. The number of nitrogens with zero attached hydrogens (tertiary/aromatic N) is 3. The van der Waals surface area contributed by atoms with Gasteiger partial charge in [-0.05, 0) is 31.0 Å². The van der Waals surface area contributed by atoms with E-state index in [9.17, 15) is 0 Å². The van der Waals surface area contributed by atoms with E-state index in [4.69, 9.17) is 16.3 Å². The molecule has 98 valence electrons. The first-order valence-corrected chi connectivity index (χ1v) is 7.01. The van der Waals surface area contributed by atoms with Gasteiger partial charge in [0.1, 0.15) is 4.83 Å². The molecule has 3 heterocycles. The summed E-state index contributed by atoms with van der Waals surface area (Å²) in [6, 6.07) is 3.83. The van der Waals surface area contributed by atoms with Gasteiger partial charge in [0, 0.05) is 16.6 Å². The molecule has 3 rings (SSSR count). The van der Waals surface area contributed by atoms with Crippen molar-refractivity contribution >= 4 is 33.2 Å². The summed E-state index contributed by atoms with van der Waals surface area (Å²) in [5, 5.41) is 7.89. The Morgan fingerprint density at radius 1 is 1.37 bits per heavy atom. The summed E-state index contributed by atoms with van der Waals surface area (Å²) in [4.78, 5) is 10.4. The molecule has 0 unspecified atom stereocenters. The first-order chi connectivity index (χ1) is 9.15. The van der Waals surface area contributed by atoms with E-state index in [1.807, 2.05) is 13.0 Å². The van der Waals surface area contributed by atoms with Gasteiger partial charge in [0.25, 0.3) is 0 Å². The van der Waals surface area contributed by atoms with Crippen molar-refractivity contribution in [2.24, 2.45) is 0 Å². The molecule has 0 bridgehead atoms. The van der Waals surface area contributed by atoms with Crippen LogP contribution in [-0.4, -0.2) is 20.2 Å². The third kappa shape index (κ3) is 2.41. The second-order valence-corrected chi connectivity index (χ2v) is 5.53. The number of aryl methyl sites for hydroxylation is 2. The highest BCUT2D eigenvalue weighted by atomic mass is 35.5. The van der Waals surface area contributed by atoms with Crippen LogP contribution in [-0.2, 0) is 6.42 Å². The van der Waals surface area contributed by atoms with E-state index in [1.165, 1.54) is 4.88 Å². The van der Waals surface area contributed by atoms with Gasteiger partial charge in [0.2, 0.25) is 17.0 Å². The standard InChI is InChI=1S/C12H11ClN4OS/c1-3-7-5-8-10(14-12(13)15-11(8)19-7)18-9-4-6(2)16-17-9/h4-5H,3H2,1-2H3,(H,16,17). The summed E-state index contributed by atoms with van der Waals surface area (Å²) >= 11 is 7.52. The molecule has 0 radical (unpaired) electrons. The van der Waals surface area contributed by atoms with Crippen molar-refractivity contribution in [3.05, 3.63) is 28.0 Å². The highest BCUT2D eigenvalue weighted by Crippen LogP contribution is 2.33. The van der Waals surface area contributed by atoms with Crippen molar-refractivity contribution in [2.45, 2.75) is 20.3 Å². The summed E-state index contributed by atoms with van der Waals surface area (Å²) in [5.74, 6) is 0.912. The molecule has 0 aliphatic heterocycles. The van der Waals surface area contributed by atoms with Crippen molar-refractivity contribution in [3.63, 3.8) is 0 Å². The Balaban J connectivity index is 2.08. The maximum absolute atomic E-state index is 5.92. The highest BCUT2D eigenvalue weighted by molar-refractivity contribution is 7.18. The molecule has 0 aliphatic carbocycles. The number of ether oxygens (including phenoxy) is 1. The van der Waals surface area contributed by atoms with Crippen LogP contribution in [0.1, 0.15) is 17.5 Å². The molecule has 5 nitrogen and oxygen atoms in total. The van der Waals surface area contributed by atoms with Crippen molar-refractivity contribution in [1.29, 1.82) is 0 Å². The van der Waals surface area contributed by atoms with Crippen LogP contribution in [0.15, 0.2) is 12.1 Å². The van der Waals surface area contributed by atoms with Crippen LogP contribution in [0.3, 0.4) is 0 Å². The predicted octanol–water partition coefficient (Wildman–Crippen LogP) is 3.73. The number of aromatic nitrogens is 4. The minimum Gasteiger partial charge on any atom is -0.418 e. The fourth-order valence-electron chi connectivity index (χ4n) is 1.72. The first kappa shape index (κ1) is 12.4. The van der Waals surface area contributed by atoms with Crippen molar-refractivity contribution in [3.8, 4) is 11.8 Å². The molecule has 0 spiro atoms. The van der Waals surface area contributed by atoms with Crippen LogP contribution >= 0.6 is 22.9 Å². The van der Waals surface area contributed by atoms with Gasteiger partial charge in [0.05, 0.1) is 5.39 Å². The number of fused-ring (bicyclic) bond motifs is 1. The van der Waals surface area contributed by atoms with Crippen LogP contribution in [0.5, 0.6) is 11.8 Å². The van der Waals surface area contributed by atoms with Crippen LogP contribution in [0.4, 0.5) is 0 Å². The quantitative estimate of drug-likeness (QED) is 0.748.